The average molecular weight is 672 g/mol. The lowest BCUT2D eigenvalue weighted by Gasteiger charge is -2.40. The maximum atomic E-state index is 13.8. The number of nitrogens with one attached hydrogen (secondary N) is 1. The number of alkyl halides is 3. The molecule has 240 valence electrons. The van der Waals surface area contributed by atoms with Crippen molar-refractivity contribution in [1.82, 2.24) is 9.80 Å². The maximum absolute atomic E-state index is 13.8. The number of hydrogen-bond acceptors (Lipinski definition) is 4. The van der Waals surface area contributed by atoms with Gasteiger partial charge in [0.25, 0.3) is 9.70 Å². The van der Waals surface area contributed by atoms with E-state index in [9.17, 15) is 9.59 Å². The van der Waals surface area contributed by atoms with Crippen LogP contribution < -0.4 is 15.0 Å². The molecule has 1 aliphatic carbocycles. The van der Waals surface area contributed by atoms with Crippen molar-refractivity contribution in [2.45, 2.75) is 54.9 Å². The number of likely N-dealkylation sites (tertiary alicyclic amines) is 1. The van der Waals surface area contributed by atoms with Crippen molar-refractivity contribution in [2.75, 3.05) is 43.0 Å². The molecule has 0 radical (unpaired) electrons. The Morgan fingerprint density at radius 3 is 2.31 bits per heavy atom. The van der Waals surface area contributed by atoms with E-state index >= 15 is 0 Å². The van der Waals surface area contributed by atoms with Crippen LogP contribution in [-0.4, -0.2) is 64.4 Å². The van der Waals surface area contributed by atoms with Gasteiger partial charge in [-0.2, -0.15) is 0 Å². The van der Waals surface area contributed by atoms with Crippen LogP contribution in [0, 0.1) is 5.92 Å². The second-order valence-electron chi connectivity index (χ2n) is 11.9. The summed E-state index contributed by atoms with van der Waals surface area (Å²) in [7, 11) is 0. The Bertz CT molecular complexity index is 1380. The van der Waals surface area contributed by atoms with Crippen LogP contribution in [0.15, 0.2) is 84.9 Å². The van der Waals surface area contributed by atoms with Crippen molar-refractivity contribution in [3.63, 3.8) is 0 Å². The third-order valence-electron chi connectivity index (χ3n) is 8.61. The first kappa shape index (κ1) is 33.4. The standard InChI is InChI=1S/C35H41Cl3N4O3/c36-35(37,38)33(43)41(25-27-11-3-1-4-12-27)30-16-9-13-28(23-30)26-42(34(44)39-29-14-5-2-6-15-29)31-17-10-18-32(24-31)45-22-21-40-19-7-8-20-40/h1-6,10-12,14-15,17-18,24,28,30H,7-9,13,16,19-23,25-26H2,(H,39,44). The highest BCUT2D eigenvalue weighted by molar-refractivity contribution is 6.76. The molecule has 0 aromatic heterocycles. The van der Waals surface area contributed by atoms with E-state index in [1.807, 2.05) is 84.9 Å². The smallest absolute Gasteiger partial charge is 0.326 e. The van der Waals surface area contributed by atoms with Gasteiger partial charge in [-0.3, -0.25) is 14.6 Å². The topological polar surface area (TPSA) is 65.1 Å². The van der Waals surface area contributed by atoms with E-state index < -0.39 is 9.70 Å². The minimum atomic E-state index is -2.06. The molecule has 1 aliphatic heterocycles. The predicted octanol–water partition coefficient (Wildman–Crippen LogP) is 8.16. The number of anilines is 2. The van der Waals surface area contributed by atoms with E-state index in [0.29, 0.717) is 31.8 Å². The summed E-state index contributed by atoms with van der Waals surface area (Å²) in [6.07, 6.45) is 5.77. The summed E-state index contributed by atoms with van der Waals surface area (Å²) in [6, 6.07) is 26.5. The Hall–Kier alpha value is -2.97. The third kappa shape index (κ3) is 9.76. The molecule has 1 saturated heterocycles. The van der Waals surface area contributed by atoms with Gasteiger partial charge in [0, 0.05) is 43.1 Å². The first-order chi connectivity index (χ1) is 21.8. The van der Waals surface area contributed by atoms with Crippen LogP contribution in [0.1, 0.15) is 44.1 Å². The van der Waals surface area contributed by atoms with Crippen LogP contribution in [0.4, 0.5) is 16.2 Å². The third-order valence-corrected chi connectivity index (χ3v) is 9.10. The zero-order chi connectivity index (χ0) is 31.6. The summed E-state index contributed by atoms with van der Waals surface area (Å²) in [5.74, 6) is 0.318. The van der Waals surface area contributed by atoms with E-state index in [4.69, 9.17) is 39.5 Å². The fourth-order valence-electron chi connectivity index (χ4n) is 6.34. The molecular formula is C35H41Cl3N4O3. The van der Waals surface area contributed by atoms with Crippen LogP contribution in [-0.2, 0) is 11.3 Å². The van der Waals surface area contributed by atoms with Gasteiger partial charge in [0.2, 0.25) is 0 Å². The number of urea groups is 1. The van der Waals surface area contributed by atoms with E-state index in [-0.39, 0.29) is 18.0 Å². The molecule has 0 bridgehead atoms. The number of rotatable bonds is 11. The van der Waals surface area contributed by atoms with Crippen molar-refractivity contribution >= 4 is 58.1 Å². The number of ether oxygens (including phenoxy) is 1. The number of carbonyl (C=O) groups is 2. The Morgan fingerprint density at radius 2 is 1.60 bits per heavy atom. The van der Waals surface area contributed by atoms with Gasteiger partial charge in [0.15, 0.2) is 0 Å². The Balaban J connectivity index is 1.33. The van der Waals surface area contributed by atoms with Crippen molar-refractivity contribution < 1.29 is 14.3 Å². The normalized spacial score (nSPS) is 18.7. The Labute approximate surface area is 281 Å². The molecule has 5 rings (SSSR count). The number of benzene rings is 3. The van der Waals surface area contributed by atoms with Gasteiger partial charge < -0.3 is 15.0 Å². The zero-order valence-electron chi connectivity index (χ0n) is 25.4. The summed E-state index contributed by atoms with van der Waals surface area (Å²) in [6.45, 7) is 4.54. The number of halogens is 3. The van der Waals surface area contributed by atoms with Crippen molar-refractivity contribution in [3.05, 3.63) is 90.5 Å². The lowest BCUT2D eigenvalue weighted by atomic mass is 9.84. The number of amides is 3. The average Bonchev–Trinajstić information content (AvgIpc) is 3.57. The van der Waals surface area contributed by atoms with E-state index in [0.717, 1.165) is 55.9 Å². The van der Waals surface area contributed by atoms with Crippen molar-refractivity contribution in [2.24, 2.45) is 5.92 Å². The first-order valence-corrected chi connectivity index (χ1v) is 16.9. The molecule has 2 aliphatic rings. The predicted molar refractivity (Wildman–Crippen MR) is 183 cm³/mol. The number of nitrogens with zero attached hydrogens (tertiary/aromatic N) is 3. The Kier molecular flexibility index (Phi) is 11.9. The summed E-state index contributed by atoms with van der Waals surface area (Å²) < 4.78 is 4.07. The van der Waals surface area contributed by atoms with Gasteiger partial charge in [-0.1, -0.05) is 95.8 Å². The van der Waals surface area contributed by atoms with Crippen molar-refractivity contribution in [1.29, 1.82) is 0 Å². The fourth-order valence-corrected chi connectivity index (χ4v) is 6.66. The molecular weight excluding hydrogens is 631 g/mol. The molecule has 3 amide bonds. The number of hydrogen-bond donors (Lipinski definition) is 1. The highest BCUT2D eigenvalue weighted by Gasteiger charge is 2.40. The molecule has 3 aromatic rings. The Morgan fingerprint density at radius 1 is 0.889 bits per heavy atom. The van der Waals surface area contributed by atoms with Crippen LogP contribution in [0.3, 0.4) is 0 Å². The molecule has 7 nitrogen and oxygen atoms in total. The second-order valence-corrected chi connectivity index (χ2v) is 14.2. The monoisotopic (exact) mass is 670 g/mol. The van der Waals surface area contributed by atoms with Gasteiger partial charge >= 0.3 is 6.03 Å². The molecule has 1 heterocycles. The zero-order valence-corrected chi connectivity index (χ0v) is 27.7. The van der Waals surface area contributed by atoms with Crippen molar-refractivity contribution in [3.8, 4) is 5.75 Å². The van der Waals surface area contributed by atoms with Gasteiger partial charge in [-0.25, -0.2) is 4.79 Å². The fraction of sp³-hybridized carbons (Fsp3) is 0.429. The quantitative estimate of drug-likeness (QED) is 0.209. The first-order valence-electron chi connectivity index (χ1n) is 15.8. The van der Waals surface area contributed by atoms with Crippen LogP contribution >= 0.6 is 34.8 Å². The largest absolute Gasteiger partial charge is 0.492 e. The SMILES string of the molecule is O=C(Nc1ccccc1)N(CC1CCCC(N(Cc2ccccc2)C(=O)C(Cl)(Cl)Cl)C1)c1cccc(OCCN2CCCC2)c1. The van der Waals surface area contributed by atoms with Gasteiger partial charge in [0.05, 0.1) is 0 Å². The molecule has 0 spiro atoms. The minimum absolute atomic E-state index is 0.117. The molecule has 1 saturated carbocycles. The van der Waals surface area contributed by atoms with Crippen LogP contribution in [0.5, 0.6) is 5.75 Å². The lowest BCUT2D eigenvalue weighted by Crippen LogP contribution is -2.48. The van der Waals surface area contributed by atoms with E-state index in [1.54, 1.807) is 9.80 Å². The van der Waals surface area contributed by atoms with E-state index in [2.05, 4.69) is 10.2 Å². The highest BCUT2D eigenvalue weighted by Crippen LogP contribution is 2.36. The number of carbonyl (C=O) groups excluding carboxylic acids is 2. The molecule has 10 heteroatoms. The summed E-state index contributed by atoms with van der Waals surface area (Å²) in [5, 5.41) is 3.06. The van der Waals surface area contributed by atoms with Gasteiger partial charge in [-0.15, -0.1) is 0 Å². The summed E-state index contributed by atoms with van der Waals surface area (Å²) in [5.41, 5.74) is 2.43. The summed E-state index contributed by atoms with van der Waals surface area (Å²) in [4.78, 5) is 33.1. The maximum Gasteiger partial charge on any atom is 0.326 e. The van der Waals surface area contributed by atoms with Crippen LogP contribution in [0.2, 0.25) is 0 Å². The van der Waals surface area contributed by atoms with Crippen LogP contribution in [0.25, 0.3) is 0 Å². The lowest BCUT2D eigenvalue weighted by molar-refractivity contribution is -0.134. The molecule has 3 aromatic carbocycles. The second kappa shape index (κ2) is 16.0. The highest BCUT2D eigenvalue weighted by atomic mass is 35.6. The summed E-state index contributed by atoms with van der Waals surface area (Å²) >= 11 is 18.4. The van der Waals surface area contributed by atoms with Gasteiger partial charge in [0.1, 0.15) is 12.4 Å². The minimum Gasteiger partial charge on any atom is -0.492 e. The molecule has 2 unspecified atom stereocenters. The molecule has 45 heavy (non-hydrogen) atoms. The van der Waals surface area contributed by atoms with E-state index in [1.165, 1.54) is 12.8 Å². The number of para-hydroxylation sites is 1. The molecule has 2 fully saturated rings. The molecule has 1 N–H and O–H groups in total. The molecule has 2 atom stereocenters. The van der Waals surface area contributed by atoms with Gasteiger partial charge in [-0.05, 0) is 80.9 Å².